The van der Waals surface area contributed by atoms with Gasteiger partial charge >= 0.3 is 0 Å². The van der Waals surface area contributed by atoms with Crippen molar-refractivity contribution in [2.45, 2.75) is 37.8 Å². The first-order chi connectivity index (χ1) is 13.5. The quantitative estimate of drug-likeness (QED) is 0.756. The summed E-state index contributed by atoms with van der Waals surface area (Å²) in [5.74, 6) is 0.910. The van der Waals surface area contributed by atoms with Crippen molar-refractivity contribution in [2.24, 2.45) is 4.99 Å². The van der Waals surface area contributed by atoms with Gasteiger partial charge in [-0.15, -0.1) is 0 Å². The number of amides is 1. The number of nitrogens with zero attached hydrogens (tertiary/aromatic N) is 2. The van der Waals surface area contributed by atoms with E-state index in [1.807, 2.05) is 30.3 Å². The summed E-state index contributed by atoms with van der Waals surface area (Å²) in [5, 5.41) is 13.5. The Morgan fingerprint density at radius 1 is 1.21 bits per heavy atom. The molecule has 2 N–H and O–H groups in total. The van der Waals surface area contributed by atoms with Crippen molar-refractivity contribution < 1.29 is 9.90 Å². The number of rotatable bonds is 3. The van der Waals surface area contributed by atoms with Gasteiger partial charge in [0.05, 0.1) is 17.8 Å². The molecule has 2 aromatic rings. The number of aliphatic hydroxyl groups excluding tert-OH is 1. The summed E-state index contributed by atoms with van der Waals surface area (Å²) in [5.41, 5.74) is 3.47. The SMILES string of the molecule is CN1CCCCC1=Nc1ccc2c(c1)[C@@H](NC(=O)c1ccc(Br)cc1)[C@H](O)C2. The molecule has 1 amide bonds. The number of nitrogens with one attached hydrogen (secondary N) is 1. The Balaban J connectivity index is 1.57. The second-order valence-corrected chi connectivity index (χ2v) is 8.43. The third kappa shape index (κ3) is 3.98. The third-order valence-electron chi connectivity index (χ3n) is 5.51. The van der Waals surface area contributed by atoms with E-state index in [9.17, 15) is 9.90 Å². The van der Waals surface area contributed by atoms with Gasteiger partial charge in [0.2, 0.25) is 0 Å². The monoisotopic (exact) mass is 441 g/mol. The fourth-order valence-electron chi connectivity index (χ4n) is 3.92. The smallest absolute Gasteiger partial charge is 0.251 e. The van der Waals surface area contributed by atoms with Crippen LogP contribution in [0.3, 0.4) is 0 Å². The van der Waals surface area contributed by atoms with Gasteiger partial charge in [-0.25, -0.2) is 4.99 Å². The molecule has 4 rings (SSSR count). The van der Waals surface area contributed by atoms with Crippen molar-refractivity contribution in [2.75, 3.05) is 13.6 Å². The fraction of sp³-hybridized carbons (Fsp3) is 0.364. The van der Waals surface area contributed by atoms with E-state index in [1.165, 1.54) is 12.8 Å². The van der Waals surface area contributed by atoms with Crippen LogP contribution in [0.1, 0.15) is 46.8 Å². The second-order valence-electron chi connectivity index (χ2n) is 7.52. The van der Waals surface area contributed by atoms with Crippen molar-refractivity contribution >= 4 is 33.4 Å². The molecule has 0 unspecified atom stereocenters. The predicted octanol–water partition coefficient (Wildman–Crippen LogP) is 3.98. The summed E-state index contributed by atoms with van der Waals surface area (Å²) in [4.78, 5) is 19.7. The Hall–Kier alpha value is -2.18. The predicted molar refractivity (Wildman–Crippen MR) is 114 cm³/mol. The number of piperidine rings is 1. The number of likely N-dealkylation sites (tertiary alicyclic amines) is 1. The molecule has 2 aromatic carbocycles. The number of carbonyl (C=O) groups excluding carboxylic acids is 1. The van der Waals surface area contributed by atoms with Gasteiger partial charge in [0.15, 0.2) is 0 Å². The minimum Gasteiger partial charge on any atom is -0.390 e. The largest absolute Gasteiger partial charge is 0.390 e. The van der Waals surface area contributed by atoms with Gasteiger partial charge in [-0.2, -0.15) is 0 Å². The molecular weight excluding hydrogens is 418 g/mol. The second kappa shape index (κ2) is 8.05. The van der Waals surface area contributed by atoms with Crippen LogP contribution >= 0.6 is 15.9 Å². The van der Waals surface area contributed by atoms with Crippen molar-refractivity contribution in [3.05, 3.63) is 63.6 Å². The van der Waals surface area contributed by atoms with E-state index < -0.39 is 12.1 Å². The van der Waals surface area contributed by atoms with Crippen molar-refractivity contribution in [3.8, 4) is 0 Å². The number of hydrogen-bond donors (Lipinski definition) is 2. The van der Waals surface area contributed by atoms with E-state index in [4.69, 9.17) is 4.99 Å². The topological polar surface area (TPSA) is 64.9 Å². The average Bonchev–Trinajstić information content (AvgIpc) is 2.99. The summed E-state index contributed by atoms with van der Waals surface area (Å²) in [7, 11) is 2.08. The fourth-order valence-corrected chi connectivity index (χ4v) is 4.18. The zero-order chi connectivity index (χ0) is 19.7. The van der Waals surface area contributed by atoms with E-state index in [0.29, 0.717) is 12.0 Å². The minimum atomic E-state index is -0.630. The highest BCUT2D eigenvalue weighted by molar-refractivity contribution is 9.10. The number of carbonyl (C=O) groups is 1. The summed E-state index contributed by atoms with van der Waals surface area (Å²) < 4.78 is 0.923. The molecule has 146 valence electrons. The van der Waals surface area contributed by atoms with Gasteiger partial charge in [-0.1, -0.05) is 22.0 Å². The van der Waals surface area contributed by atoms with E-state index in [1.54, 1.807) is 12.1 Å². The zero-order valence-electron chi connectivity index (χ0n) is 15.9. The maximum atomic E-state index is 12.6. The van der Waals surface area contributed by atoms with Crippen LogP contribution in [-0.4, -0.2) is 41.4 Å². The Bertz CT molecular complexity index is 910. The summed E-state index contributed by atoms with van der Waals surface area (Å²) in [6.45, 7) is 1.04. The highest BCUT2D eigenvalue weighted by atomic mass is 79.9. The first-order valence-electron chi connectivity index (χ1n) is 9.67. The Labute approximate surface area is 173 Å². The summed E-state index contributed by atoms with van der Waals surface area (Å²) in [6.07, 6.45) is 3.26. The molecule has 0 radical (unpaired) electrons. The molecule has 1 fully saturated rings. The van der Waals surface area contributed by atoms with E-state index in [0.717, 1.165) is 40.1 Å². The number of amidine groups is 1. The maximum Gasteiger partial charge on any atom is 0.251 e. The lowest BCUT2D eigenvalue weighted by molar-refractivity contribution is 0.0858. The van der Waals surface area contributed by atoms with E-state index >= 15 is 0 Å². The molecule has 1 heterocycles. The number of fused-ring (bicyclic) bond motifs is 1. The van der Waals surface area contributed by atoms with Crippen LogP contribution in [0.2, 0.25) is 0 Å². The molecule has 0 saturated carbocycles. The van der Waals surface area contributed by atoms with Crippen LogP contribution in [0, 0.1) is 0 Å². The lowest BCUT2D eigenvalue weighted by Gasteiger charge is -2.26. The van der Waals surface area contributed by atoms with Gasteiger partial charge in [0, 0.05) is 36.5 Å². The minimum absolute atomic E-state index is 0.187. The van der Waals surface area contributed by atoms with Crippen molar-refractivity contribution in [3.63, 3.8) is 0 Å². The van der Waals surface area contributed by atoms with E-state index in [2.05, 4.69) is 33.2 Å². The highest BCUT2D eigenvalue weighted by Crippen LogP contribution is 2.35. The standard InChI is InChI=1S/C22H24BrN3O2/c1-26-11-3-2-4-20(26)24-17-10-7-15-12-19(27)21(18(15)13-17)25-22(28)14-5-8-16(23)9-6-14/h5-10,13,19,21,27H,2-4,11-12H2,1H3,(H,25,28)/t19-,21-/m1/s1. The van der Waals surface area contributed by atoms with Crippen LogP contribution in [0.15, 0.2) is 51.9 Å². The molecule has 1 aliphatic carbocycles. The number of aliphatic hydroxyl groups is 1. The molecule has 2 aliphatic rings. The molecule has 2 atom stereocenters. The lowest BCUT2D eigenvalue weighted by atomic mass is 10.1. The van der Waals surface area contributed by atoms with Crippen LogP contribution in [0.4, 0.5) is 5.69 Å². The number of aliphatic imine (C=N–C) groups is 1. The van der Waals surface area contributed by atoms with Crippen LogP contribution in [0.25, 0.3) is 0 Å². The summed E-state index contributed by atoms with van der Waals surface area (Å²) in [6, 6.07) is 12.8. The van der Waals surface area contributed by atoms with E-state index in [-0.39, 0.29) is 5.91 Å². The van der Waals surface area contributed by atoms with Crippen LogP contribution < -0.4 is 5.32 Å². The normalized spacial score (nSPS) is 23.0. The van der Waals surface area contributed by atoms with Crippen molar-refractivity contribution in [1.82, 2.24) is 10.2 Å². The Kier molecular flexibility index (Phi) is 5.51. The van der Waals surface area contributed by atoms with Gasteiger partial charge in [0.25, 0.3) is 5.91 Å². The Morgan fingerprint density at radius 3 is 2.75 bits per heavy atom. The number of hydrogen-bond acceptors (Lipinski definition) is 3. The highest BCUT2D eigenvalue weighted by Gasteiger charge is 2.32. The number of halogens is 1. The first-order valence-corrected chi connectivity index (χ1v) is 10.5. The molecule has 6 heteroatoms. The zero-order valence-corrected chi connectivity index (χ0v) is 17.4. The van der Waals surface area contributed by atoms with Gasteiger partial charge in [-0.05, 0) is 60.4 Å². The molecule has 0 bridgehead atoms. The molecule has 0 spiro atoms. The lowest BCUT2D eigenvalue weighted by Crippen LogP contribution is -2.33. The van der Waals surface area contributed by atoms with Gasteiger partial charge in [0.1, 0.15) is 5.84 Å². The molecule has 0 aromatic heterocycles. The number of benzene rings is 2. The van der Waals surface area contributed by atoms with Crippen LogP contribution in [0.5, 0.6) is 0 Å². The molecule has 5 nitrogen and oxygen atoms in total. The third-order valence-corrected chi connectivity index (χ3v) is 6.04. The summed E-state index contributed by atoms with van der Waals surface area (Å²) >= 11 is 3.38. The van der Waals surface area contributed by atoms with Crippen LogP contribution in [-0.2, 0) is 6.42 Å². The molecule has 1 aliphatic heterocycles. The molecule has 28 heavy (non-hydrogen) atoms. The first kappa shape index (κ1) is 19.2. The van der Waals surface area contributed by atoms with Gasteiger partial charge < -0.3 is 15.3 Å². The molecule has 1 saturated heterocycles. The van der Waals surface area contributed by atoms with Crippen molar-refractivity contribution in [1.29, 1.82) is 0 Å². The molecular formula is C22H24BrN3O2. The van der Waals surface area contributed by atoms with Gasteiger partial charge in [-0.3, -0.25) is 4.79 Å². The Morgan fingerprint density at radius 2 is 2.00 bits per heavy atom. The average molecular weight is 442 g/mol. The maximum absolute atomic E-state index is 12.6.